The topological polar surface area (TPSA) is 49.8 Å². The average molecular weight is 295 g/mol. The zero-order chi connectivity index (χ0) is 15.3. The lowest BCUT2D eigenvalue weighted by atomic mass is 9.76. The van der Waals surface area contributed by atoms with Crippen LogP contribution in [0.5, 0.6) is 11.5 Å². The Bertz CT molecular complexity index is 769. The second kappa shape index (κ2) is 4.77. The Morgan fingerprint density at radius 2 is 2.14 bits per heavy atom. The minimum atomic E-state index is 0.0284. The molecule has 0 fully saturated rings. The molecule has 1 amide bonds. The summed E-state index contributed by atoms with van der Waals surface area (Å²) in [5, 5.41) is 10.3. The number of fused-ring (bicyclic) bond motifs is 2. The predicted octanol–water partition coefficient (Wildman–Crippen LogP) is 2.68. The van der Waals surface area contributed by atoms with Crippen LogP contribution < -0.4 is 4.74 Å². The van der Waals surface area contributed by atoms with Crippen molar-refractivity contribution in [3.8, 4) is 22.6 Å². The molecule has 4 heteroatoms. The molecule has 1 unspecified atom stereocenters. The maximum Gasteiger partial charge on any atom is 0.210 e. The van der Waals surface area contributed by atoms with Crippen molar-refractivity contribution in [3.63, 3.8) is 0 Å². The Hall–Kier alpha value is -2.49. The summed E-state index contributed by atoms with van der Waals surface area (Å²) < 4.78 is 5.48. The fourth-order valence-electron chi connectivity index (χ4n) is 3.85. The zero-order valence-corrected chi connectivity index (χ0v) is 12.4. The number of rotatable bonds is 2. The highest BCUT2D eigenvalue weighted by molar-refractivity contribution is 5.83. The van der Waals surface area contributed by atoms with E-state index in [-0.39, 0.29) is 11.8 Å². The molecule has 1 N–H and O–H groups in total. The van der Waals surface area contributed by atoms with Gasteiger partial charge in [-0.1, -0.05) is 24.3 Å². The largest absolute Gasteiger partial charge is 0.504 e. The molecule has 2 aliphatic rings. The molecular formula is C18H17NO3. The third-order valence-electron chi connectivity index (χ3n) is 4.80. The van der Waals surface area contributed by atoms with E-state index < -0.39 is 0 Å². The van der Waals surface area contributed by atoms with E-state index in [1.54, 1.807) is 13.2 Å². The monoisotopic (exact) mass is 295 g/mol. The Morgan fingerprint density at radius 1 is 1.32 bits per heavy atom. The van der Waals surface area contributed by atoms with Crippen LogP contribution in [-0.2, 0) is 17.6 Å². The molecule has 2 aromatic carbocycles. The second-order valence-electron chi connectivity index (χ2n) is 5.85. The second-order valence-corrected chi connectivity index (χ2v) is 5.85. The molecule has 112 valence electrons. The van der Waals surface area contributed by atoms with Crippen molar-refractivity contribution in [1.82, 2.24) is 4.90 Å². The smallest absolute Gasteiger partial charge is 0.210 e. The van der Waals surface area contributed by atoms with E-state index in [2.05, 4.69) is 12.1 Å². The van der Waals surface area contributed by atoms with Gasteiger partial charge in [0.2, 0.25) is 6.41 Å². The van der Waals surface area contributed by atoms with Gasteiger partial charge in [0.1, 0.15) is 0 Å². The summed E-state index contributed by atoms with van der Waals surface area (Å²) in [5.74, 6) is 0.676. The minimum absolute atomic E-state index is 0.0284. The fraction of sp³-hybridized carbons (Fsp3) is 0.278. The van der Waals surface area contributed by atoms with Crippen molar-refractivity contribution in [1.29, 1.82) is 0 Å². The Balaban J connectivity index is 2.08. The quantitative estimate of drug-likeness (QED) is 0.867. The summed E-state index contributed by atoms with van der Waals surface area (Å²) in [6, 6.07) is 9.97. The maximum atomic E-state index is 11.5. The first-order valence-electron chi connectivity index (χ1n) is 7.46. The van der Waals surface area contributed by atoms with Gasteiger partial charge in [0.25, 0.3) is 0 Å². The predicted molar refractivity (Wildman–Crippen MR) is 83.0 cm³/mol. The van der Waals surface area contributed by atoms with Crippen LogP contribution in [0.25, 0.3) is 11.1 Å². The van der Waals surface area contributed by atoms with E-state index in [1.165, 1.54) is 5.56 Å². The Morgan fingerprint density at radius 3 is 2.91 bits per heavy atom. The summed E-state index contributed by atoms with van der Waals surface area (Å²) in [5.41, 5.74) is 5.47. The molecule has 4 nitrogen and oxygen atoms in total. The third kappa shape index (κ3) is 1.67. The van der Waals surface area contributed by atoms with Crippen LogP contribution in [0, 0.1) is 0 Å². The van der Waals surface area contributed by atoms with Gasteiger partial charge in [-0.05, 0) is 41.2 Å². The summed E-state index contributed by atoms with van der Waals surface area (Å²) in [6.07, 6.45) is 2.50. The van der Waals surface area contributed by atoms with Crippen LogP contribution in [0.4, 0.5) is 0 Å². The molecular weight excluding hydrogens is 278 g/mol. The maximum absolute atomic E-state index is 11.5. The van der Waals surface area contributed by atoms with Gasteiger partial charge >= 0.3 is 0 Å². The molecule has 1 aliphatic carbocycles. The van der Waals surface area contributed by atoms with Crippen LogP contribution in [0.1, 0.15) is 22.7 Å². The number of phenolic OH excluding ortho intramolecular Hbond substituents is 1. The lowest BCUT2D eigenvalue weighted by Gasteiger charge is -2.40. The first-order chi connectivity index (χ1) is 10.7. The molecule has 0 radical (unpaired) electrons. The van der Waals surface area contributed by atoms with E-state index in [0.29, 0.717) is 12.3 Å². The van der Waals surface area contributed by atoms with Gasteiger partial charge in [-0.15, -0.1) is 0 Å². The highest BCUT2D eigenvalue weighted by Gasteiger charge is 2.36. The third-order valence-corrected chi connectivity index (χ3v) is 4.80. The van der Waals surface area contributed by atoms with Crippen molar-refractivity contribution < 1.29 is 14.6 Å². The summed E-state index contributed by atoms with van der Waals surface area (Å²) >= 11 is 0. The minimum Gasteiger partial charge on any atom is -0.504 e. The number of methoxy groups -OCH3 is 1. The van der Waals surface area contributed by atoms with Crippen LogP contribution in [0.2, 0.25) is 0 Å². The van der Waals surface area contributed by atoms with Crippen LogP contribution in [0.3, 0.4) is 0 Å². The molecule has 1 heterocycles. The van der Waals surface area contributed by atoms with E-state index >= 15 is 0 Å². The van der Waals surface area contributed by atoms with Crippen molar-refractivity contribution in [3.05, 3.63) is 47.0 Å². The van der Waals surface area contributed by atoms with Gasteiger partial charge in [0, 0.05) is 12.1 Å². The molecule has 0 bridgehead atoms. The molecule has 1 aliphatic heterocycles. The van der Waals surface area contributed by atoms with Gasteiger partial charge in [-0.2, -0.15) is 0 Å². The number of aromatic hydroxyl groups is 1. The molecule has 4 rings (SSSR count). The van der Waals surface area contributed by atoms with Gasteiger partial charge in [-0.25, -0.2) is 0 Å². The van der Waals surface area contributed by atoms with E-state index in [1.807, 2.05) is 17.0 Å². The highest BCUT2D eigenvalue weighted by atomic mass is 16.5. The molecule has 0 aromatic heterocycles. The summed E-state index contributed by atoms with van der Waals surface area (Å²) in [7, 11) is 1.57. The number of carbonyl (C=O) groups excluding carboxylic acids is 1. The number of ether oxygens (including phenoxy) is 1. The van der Waals surface area contributed by atoms with E-state index in [4.69, 9.17) is 4.74 Å². The van der Waals surface area contributed by atoms with Crippen molar-refractivity contribution in [2.75, 3.05) is 13.7 Å². The zero-order valence-electron chi connectivity index (χ0n) is 12.4. The lowest BCUT2D eigenvalue weighted by Crippen LogP contribution is -2.37. The molecule has 2 aromatic rings. The number of phenols is 1. The fourth-order valence-corrected chi connectivity index (χ4v) is 3.85. The van der Waals surface area contributed by atoms with Crippen molar-refractivity contribution in [2.24, 2.45) is 0 Å². The normalized spacial score (nSPS) is 18.4. The van der Waals surface area contributed by atoms with Crippen LogP contribution >= 0.6 is 0 Å². The SMILES string of the molecule is COc1c(O)cc2c3c1-c1ccccc1CC3N(C=O)CC2. The summed E-state index contributed by atoms with van der Waals surface area (Å²) in [6.45, 7) is 0.689. The number of benzene rings is 2. The number of carbonyl (C=O) groups is 1. The average Bonchev–Trinajstić information content (AvgIpc) is 2.55. The van der Waals surface area contributed by atoms with Gasteiger partial charge in [0.15, 0.2) is 11.5 Å². The standard InChI is InChI=1S/C18H17NO3/c1-22-18-15(21)9-12-6-7-19(10-20)14-8-11-4-2-3-5-13(11)17(18)16(12)14/h2-5,9-10,14,21H,6-8H2,1H3. The van der Waals surface area contributed by atoms with Gasteiger partial charge in [0.05, 0.1) is 13.2 Å². The lowest BCUT2D eigenvalue weighted by molar-refractivity contribution is -0.120. The molecule has 0 saturated heterocycles. The van der Waals surface area contributed by atoms with Crippen LogP contribution in [-0.4, -0.2) is 30.1 Å². The first-order valence-corrected chi connectivity index (χ1v) is 7.46. The van der Waals surface area contributed by atoms with E-state index in [9.17, 15) is 9.90 Å². The van der Waals surface area contributed by atoms with Gasteiger partial charge in [-0.3, -0.25) is 4.79 Å². The Kier molecular flexibility index (Phi) is 2.86. The number of hydrogen-bond acceptors (Lipinski definition) is 3. The summed E-state index contributed by atoms with van der Waals surface area (Å²) in [4.78, 5) is 13.3. The number of amides is 1. The van der Waals surface area contributed by atoms with Crippen molar-refractivity contribution in [2.45, 2.75) is 18.9 Å². The van der Waals surface area contributed by atoms with Crippen molar-refractivity contribution >= 4 is 6.41 Å². The van der Waals surface area contributed by atoms with Gasteiger partial charge < -0.3 is 14.7 Å². The molecule has 0 spiro atoms. The first kappa shape index (κ1) is 13.2. The molecule has 0 saturated carbocycles. The molecule has 1 atom stereocenters. The van der Waals surface area contributed by atoms with Crippen LogP contribution in [0.15, 0.2) is 30.3 Å². The number of hydrogen-bond donors (Lipinski definition) is 1. The molecule has 22 heavy (non-hydrogen) atoms. The Labute approximate surface area is 128 Å². The highest BCUT2D eigenvalue weighted by Crippen LogP contribution is 2.51. The van der Waals surface area contributed by atoms with E-state index in [0.717, 1.165) is 41.5 Å². The number of nitrogens with zero attached hydrogens (tertiary/aromatic N) is 1.